The molecule has 1 N–H and O–H groups in total. The number of aromatic amines is 1. The summed E-state index contributed by atoms with van der Waals surface area (Å²) >= 11 is 5.97. The number of hydrogen-bond donors (Lipinski definition) is 1. The summed E-state index contributed by atoms with van der Waals surface area (Å²) in [5.41, 5.74) is 1.50. The Morgan fingerprint density at radius 2 is 1.83 bits per heavy atom. The van der Waals surface area contributed by atoms with Crippen LogP contribution in [-0.2, 0) is 11.2 Å². The second-order valence-corrected chi connectivity index (χ2v) is 6.35. The maximum Gasteiger partial charge on any atom is 0.270 e. The smallest absolute Gasteiger partial charge is 0.270 e. The number of hydrogen-bond acceptors (Lipinski definition) is 2. The lowest BCUT2D eigenvalue weighted by Gasteiger charge is -2.22. The lowest BCUT2D eigenvalue weighted by molar-refractivity contribution is -0.130. The number of amides is 2. The van der Waals surface area contributed by atoms with Gasteiger partial charge in [0.05, 0.1) is 6.42 Å². The molecule has 0 spiro atoms. The Morgan fingerprint density at radius 1 is 1.04 bits per heavy atom. The second-order valence-electron chi connectivity index (χ2n) is 5.92. The van der Waals surface area contributed by atoms with Crippen molar-refractivity contribution in [2.24, 2.45) is 0 Å². The van der Waals surface area contributed by atoms with Gasteiger partial charge >= 0.3 is 0 Å². The number of benzene rings is 1. The summed E-state index contributed by atoms with van der Waals surface area (Å²) in [7, 11) is 0. The first kappa shape index (κ1) is 16.6. The van der Waals surface area contributed by atoms with E-state index in [0.717, 1.165) is 12.0 Å². The lowest BCUT2D eigenvalue weighted by Crippen LogP contribution is -2.38. The van der Waals surface area contributed by atoms with Crippen molar-refractivity contribution in [3.8, 4) is 0 Å². The number of H-pyrrole nitrogens is 1. The Bertz CT molecular complexity index is 715. The van der Waals surface area contributed by atoms with E-state index in [-0.39, 0.29) is 11.8 Å². The Labute approximate surface area is 146 Å². The minimum absolute atomic E-state index is 0.0101. The molecule has 0 atom stereocenters. The van der Waals surface area contributed by atoms with Crippen molar-refractivity contribution in [2.45, 2.75) is 12.8 Å². The average Bonchev–Trinajstić information content (AvgIpc) is 2.98. The number of rotatable bonds is 3. The molecular weight excluding hydrogens is 326 g/mol. The van der Waals surface area contributed by atoms with Crippen molar-refractivity contribution in [3.05, 3.63) is 58.9 Å². The van der Waals surface area contributed by atoms with Gasteiger partial charge in [0.15, 0.2) is 0 Å². The van der Waals surface area contributed by atoms with Crippen molar-refractivity contribution in [2.75, 3.05) is 26.2 Å². The molecule has 0 radical (unpaired) electrons. The number of halogens is 1. The molecule has 0 aliphatic carbocycles. The van der Waals surface area contributed by atoms with Crippen LogP contribution in [0.15, 0.2) is 42.6 Å². The maximum atomic E-state index is 12.5. The molecule has 6 heteroatoms. The molecule has 0 unspecified atom stereocenters. The molecule has 1 aromatic carbocycles. The van der Waals surface area contributed by atoms with Gasteiger partial charge in [0.2, 0.25) is 5.91 Å². The summed E-state index contributed by atoms with van der Waals surface area (Å²) < 4.78 is 0. The van der Waals surface area contributed by atoms with E-state index >= 15 is 0 Å². The van der Waals surface area contributed by atoms with E-state index < -0.39 is 0 Å². The monoisotopic (exact) mass is 345 g/mol. The third kappa shape index (κ3) is 3.97. The number of nitrogens with one attached hydrogen (secondary N) is 1. The van der Waals surface area contributed by atoms with E-state index in [9.17, 15) is 9.59 Å². The van der Waals surface area contributed by atoms with Crippen LogP contribution in [0.3, 0.4) is 0 Å². The predicted octanol–water partition coefficient (Wildman–Crippen LogP) is 2.59. The molecule has 0 bridgehead atoms. The van der Waals surface area contributed by atoms with Gasteiger partial charge in [0.25, 0.3) is 5.91 Å². The normalized spacial score (nSPS) is 15.2. The van der Waals surface area contributed by atoms with Gasteiger partial charge in [-0.05, 0) is 36.2 Å². The van der Waals surface area contributed by atoms with Crippen molar-refractivity contribution in [1.29, 1.82) is 0 Å². The molecule has 1 aliphatic heterocycles. The quantitative estimate of drug-likeness (QED) is 0.929. The molecule has 1 aromatic heterocycles. The molecule has 0 saturated carbocycles. The largest absolute Gasteiger partial charge is 0.357 e. The molecule has 1 saturated heterocycles. The van der Waals surface area contributed by atoms with Gasteiger partial charge in [-0.2, -0.15) is 0 Å². The van der Waals surface area contributed by atoms with Crippen LogP contribution in [0.2, 0.25) is 5.02 Å². The first-order valence-corrected chi connectivity index (χ1v) is 8.46. The maximum absolute atomic E-state index is 12.5. The zero-order chi connectivity index (χ0) is 16.9. The van der Waals surface area contributed by atoms with Gasteiger partial charge < -0.3 is 14.8 Å². The molecule has 5 nitrogen and oxygen atoms in total. The van der Waals surface area contributed by atoms with E-state index in [1.54, 1.807) is 23.2 Å². The van der Waals surface area contributed by atoms with Crippen LogP contribution in [0.5, 0.6) is 0 Å². The first-order chi connectivity index (χ1) is 11.6. The minimum Gasteiger partial charge on any atom is -0.357 e. The molecular formula is C18H20ClN3O2. The van der Waals surface area contributed by atoms with Gasteiger partial charge in [-0.1, -0.05) is 23.7 Å². The Hall–Kier alpha value is -2.27. The standard InChI is InChI=1S/C18H20ClN3O2/c19-15-5-1-4-14(12-15)13-17(23)21-8-3-9-22(11-10-21)18(24)16-6-2-7-20-16/h1-2,4-7,12,20H,3,8-11,13H2. The lowest BCUT2D eigenvalue weighted by atomic mass is 10.1. The Morgan fingerprint density at radius 3 is 2.58 bits per heavy atom. The summed E-state index contributed by atoms with van der Waals surface area (Å²) in [6.07, 6.45) is 2.87. The van der Waals surface area contributed by atoms with Gasteiger partial charge in [-0.15, -0.1) is 0 Å². The third-order valence-corrected chi connectivity index (χ3v) is 4.44. The molecule has 2 amide bonds. The zero-order valence-corrected chi connectivity index (χ0v) is 14.1. The molecule has 126 valence electrons. The highest BCUT2D eigenvalue weighted by atomic mass is 35.5. The minimum atomic E-state index is -0.0101. The molecule has 24 heavy (non-hydrogen) atoms. The fraction of sp³-hybridized carbons (Fsp3) is 0.333. The van der Waals surface area contributed by atoms with Crippen LogP contribution in [0.1, 0.15) is 22.5 Å². The van der Waals surface area contributed by atoms with Crippen LogP contribution in [0.4, 0.5) is 0 Å². The van der Waals surface area contributed by atoms with Crippen LogP contribution in [0.25, 0.3) is 0 Å². The average molecular weight is 346 g/mol. The summed E-state index contributed by atoms with van der Waals surface area (Å²) in [6, 6.07) is 11.0. The highest BCUT2D eigenvalue weighted by Gasteiger charge is 2.23. The summed E-state index contributed by atoms with van der Waals surface area (Å²) in [4.78, 5) is 31.5. The van der Waals surface area contributed by atoms with E-state index in [4.69, 9.17) is 11.6 Å². The van der Waals surface area contributed by atoms with E-state index in [0.29, 0.717) is 43.3 Å². The van der Waals surface area contributed by atoms with Gasteiger partial charge in [0, 0.05) is 37.4 Å². The number of carbonyl (C=O) groups is 2. The topological polar surface area (TPSA) is 56.4 Å². The van der Waals surface area contributed by atoms with Crippen LogP contribution in [-0.4, -0.2) is 52.8 Å². The fourth-order valence-electron chi connectivity index (χ4n) is 2.94. The van der Waals surface area contributed by atoms with Gasteiger partial charge in [0.1, 0.15) is 5.69 Å². The highest BCUT2D eigenvalue weighted by molar-refractivity contribution is 6.30. The summed E-state index contributed by atoms with van der Waals surface area (Å²) in [5.74, 6) is 0.0654. The van der Waals surface area contributed by atoms with E-state index in [1.807, 2.05) is 29.2 Å². The van der Waals surface area contributed by atoms with Crippen molar-refractivity contribution in [3.63, 3.8) is 0 Å². The molecule has 2 aromatic rings. The molecule has 1 fully saturated rings. The predicted molar refractivity (Wildman–Crippen MR) is 93.0 cm³/mol. The Kier molecular flexibility index (Phi) is 5.20. The SMILES string of the molecule is O=C(Cc1cccc(Cl)c1)N1CCCN(C(=O)c2ccc[nH]2)CC1. The van der Waals surface area contributed by atoms with Gasteiger partial charge in [-0.3, -0.25) is 9.59 Å². The first-order valence-electron chi connectivity index (χ1n) is 8.08. The highest BCUT2D eigenvalue weighted by Crippen LogP contribution is 2.13. The second kappa shape index (κ2) is 7.53. The number of nitrogens with zero attached hydrogens (tertiary/aromatic N) is 2. The summed E-state index contributed by atoms with van der Waals surface area (Å²) in [6.45, 7) is 2.46. The van der Waals surface area contributed by atoms with Crippen molar-refractivity contribution in [1.82, 2.24) is 14.8 Å². The van der Waals surface area contributed by atoms with Gasteiger partial charge in [-0.25, -0.2) is 0 Å². The molecule has 3 rings (SSSR count). The molecule has 2 heterocycles. The van der Waals surface area contributed by atoms with Crippen LogP contribution in [0, 0.1) is 0 Å². The number of carbonyl (C=O) groups excluding carboxylic acids is 2. The summed E-state index contributed by atoms with van der Waals surface area (Å²) in [5, 5.41) is 0.638. The number of aromatic nitrogens is 1. The van der Waals surface area contributed by atoms with E-state index in [1.165, 1.54) is 0 Å². The van der Waals surface area contributed by atoms with Crippen molar-refractivity contribution >= 4 is 23.4 Å². The zero-order valence-electron chi connectivity index (χ0n) is 13.4. The van der Waals surface area contributed by atoms with Crippen LogP contribution < -0.4 is 0 Å². The fourth-order valence-corrected chi connectivity index (χ4v) is 3.15. The third-order valence-electron chi connectivity index (χ3n) is 4.21. The van der Waals surface area contributed by atoms with Crippen LogP contribution >= 0.6 is 11.6 Å². The van der Waals surface area contributed by atoms with E-state index in [2.05, 4.69) is 4.98 Å². The van der Waals surface area contributed by atoms with Crippen molar-refractivity contribution < 1.29 is 9.59 Å². The Balaban J connectivity index is 1.59. The molecule has 1 aliphatic rings.